The van der Waals surface area contributed by atoms with Gasteiger partial charge in [0.15, 0.2) is 0 Å². The third-order valence-electron chi connectivity index (χ3n) is 3.31. The summed E-state index contributed by atoms with van der Waals surface area (Å²) in [6.45, 7) is 6.22. The van der Waals surface area contributed by atoms with Crippen molar-refractivity contribution in [3.8, 4) is 0 Å². The normalized spacial score (nSPS) is 20.2. The monoisotopic (exact) mass is 236 g/mol. The fourth-order valence-electron chi connectivity index (χ4n) is 2.38. The smallest absolute Gasteiger partial charge is 0.137 e. The summed E-state index contributed by atoms with van der Waals surface area (Å²) in [5.41, 5.74) is 6.95. The quantitative estimate of drug-likeness (QED) is 0.819. The van der Waals surface area contributed by atoms with Crippen molar-refractivity contribution in [2.75, 3.05) is 30.3 Å². The van der Waals surface area contributed by atoms with E-state index in [0.717, 1.165) is 30.9 Å². The number of aliphatic hydroxyl groups is 1. The Bertz CT molecular complexity index is 394. The lowest BCUT2D eigenvalue weighted by Crippen LogP contribution is -2.24. The van der Waals surface area contributed by atoms with E-state index in [9.17, 15) is 5.11 Å². The van der Waals surface area contributed by atoms with Crippen molar-refractivity contribution < 1.29 is 5.11 Å². The van der Waals surface area contributed by atoms with Crippen LogP contribution in [0.25, 0.3) is 0 Å². The van der Waals surface area contributed by atoms with Gasteiger partial charge in [-0.15, -0.1) is 0 Å². The summed E-state index contributed by atoms with van der Waals surface area (Å²) in [7, 11) is 0. The molecule has 94 valence electrons. The minimum atomic E-state index is 0.244. The zero-order valence-corrected chi connectivity index (χ0v) is 10.4. The summed E-state index contributed by atoms with van der Waals surface area (Å²) in [6.07, 6.45) is 2.53. The second-order valence-corrected chi connectivity index (χ2v) is 4.93. The Morgan fingerprint density at radius 3 is 2.88 bits per heavy atom. The van der Waals surface area contributed by atoms with Gasteiger partial charge >= 0.3 is 0 Å². The Morgan fingerprint density at radius 2 is 2.29 bits per heavy atom. The van der Waals surface area contributed by atoms with E-state index in [-0.39, 0.29) is 6.61 Å². The molecule has 1 atom stereocenters. The first-order chi connectivity index (χ1) is 8.13. The highest BCUT2D eigenvalue weighted by Gasteiger charge is 2.26. The predicted molar refractivity (Wildman–Crippen MR) is 67.9 cm³/mol. The molecule has 2 heterocycles. The van der Waals surface area contributed by atoms with E-state index in [0.29, 0.717) is 17.7 Å². The molecular weight excluding hydrogens is 216 g/mol. The predicted octanol–water partition coefficient (Wildman–Crippen LogP) is 1.00. The molecular formula is C12H20N4O. The van der Waals surface area contributed by atoms with Gasteiger partial charge in [0.05, 0.1) is 0 Å². The molecule has 1 aliphatic heterocycles. The summed E-state index contributed by atoms with van der Waals surface area (Å²) in [4.78, 5) is 10.6. The van der Waals surface area contributed by atoms with Crippen molar-refractivity contribution in [3.05, 3.63) is 11.9 Å². The SMILES string of the molecule is CC(C)c1c(N)ncnc1N1CCC(CO)C1. The number of hydrogen-bond acceptors (Lipinski definition) is 5. The van der Waals surface area contributed by atoms with Gasteiger partial charge in [-0.2, -0.15) is 0 Å². The number of aromatic nitrogens is 2. The fourth-order valence-corrected chi connectivity index (χ4v) is 2.38. The van der Waals surface area contributed by atoms with Crippen molar-refractivity contribution >= 4 is 11.6 Å². The number of anilines is 2. The van der Waals surface area contributed by atoms with Gasteiger partial charge in [-0.25, -0.2) is 9.97 Å². The number of nitrogen functional groups attached to an aromatic ring is 1. The molecule has 0 amide bonds. The van der Waals surface area contributed by atoms with Crippen molar-refractivity contribution in [2.45, 2.75) is 26.2 Å². The molecule has 2 rings (SSSR count). The Labute approximate surface area is 102 Å². The zero-order chi connectivity index (χ0) is 12.4. The maximum Gasteiger partial charge on any atom is 0.137 e. The molecule has 0 radical (unpaired) electrons. The standard InChI is InChI=1S/C12H20N4O/c1-8(2)10-11(13)14-7-15-12(10)16-4-3-9(5-16)6-17/h7-9,17H,3-6H2,1-2H3,(H2,13,14,15). The van der Waals surface area contributed by atoms with Gasteiger partial charge in [-0.3, -0.25) is 0 Å². The van der Waals surface area contributed by atoms with Gasteiger partial charge in [0.25, 0.3) is 0 Å². The Kier molecular flexibility index (Phi) is 3.47. The molecule has 17 heavy (non-hydrogen) atoms. The first-order valence-electron chi connectivity index (χ1n) is 6.09. The van der Waals surface area contributed by atoms with E-state index in [1.54, 1.807) is 0 Å². The lowest BCUT2D eigenvalue weighted by molar-refractivity contribution is 0.238. The second kappa shape index (κ2) is 4.87. The zero-order valence-electron chi connectivity index (χ0n) is 10.4. The van der Waals surface area contributed by atoms with Gasteiger partial charge in [0.1, 0.15) is 18.0 Å². The van der Waals surface area contributed by atoms with E-state index < -0.39 is 0 Å². The van der Waals surface area contributed by atoms with Crippen LogP contribution in [0.1, 0.15) is 31.7 Å². The van der Waals surface area contributed by atoms with E-state index in [4.69, 9.17) is 5.73 Å². The largest absolute Gasteiger partial charge is 0.396 e. The van der Waals surface area contributed by atoms with Crippen molar-refractivity contribution in [2.24, 2.45) is 5.92 Å². The van der Waals surface area contributed by atoms with Gasteiger partial charge in [-0.05, 0) is 12.3 Å². The number of rotatable bonds is 3. The van der Waals surface area contributed by atoms with Gasteiger partial charge < -0.3 is 15.7 Å². The van der Waals surface area contributed by atoms with Crippen LogP contribution in [0.2, 0.25) is 0 Å². The molecule has 1 saturated heterocycles. The lowest BCUT2D eigenvalue weighted by atomic mass is 10.0. The minimum absolute atomic E-state index is 0.244. The van der Waals surface area contributed by atoms with E-state index >= 15 is 0 Å². The van der Waals surface area contributed by atoms with Crippen molar-refractivity contribution in [1.29, 1.82) is 0 Å². The number of nitrogens with two attached hydrogens (primary N) is 1. The molecule has 0 saturated carbocycles. The molecule has 1 aliphatic rings. The third-order valence-corrected chi connectivity index (χ3v) is 3.31. The number of nitrogens with zero attached hydrogens (tertiary/aromatic N) is 3. The van der Waals surface area contributed by atoms with Gasteiger partial charge in [0.2, 0.25) is 0 Å². The van der Waals surface area contributed by atoms with Gasteiger partial charge in [0, 0.05) is 31.2 Å². The molecule has 3 N–H and O–H groups in total. The molecule has 0 bridgehead atoms. The minimum Gasteiger partial charge on any atom is -0.396 e. The Morgan fingerprint density at radius 1 is 1.53 bits per heavy atom. The Balaban J connectivity index is 2.29. The molecule has 5 heteroatoms. The van der Waals surface area contributed by atoms with Crippen LogP contribution in [0.4, 0.5) is 11.6 Å². The topological polar surface area (TPSA) is 75.3 Å². The van der Waals surface area contributed by atoms with Gasteiger partial charge in [-0.1, -0.05) is 13.8 Å². The van der Waals surface area contributed by atoms with Crippen LogP contribution >= 0.6 is 0 Å². The van der Waals surface area contributed by atoms with E-state index in [2.05, 4.69) is 28.7 Å². The highest BCUT2D eigenvalue weighted by Crippen LogP contribution is 2.32. The molecule has 1 aromatic heterocycles. The number of hydrogen-bond donors (Lipinski definition) is 2. The number of aliphatic hydroxyl groups excluding tert-OH is 1. The van der Waals surface area contributed by atoms with Crippen LogP contribution in [-0.4, -0.2) is 34.8 Å². The van der Waals surface area contributed by atoms with Crippen LogP contribution in [-0.2, 0) is 0 Å². The molecule has 1 aromatic rings. The maximum atomic E-state index is 9.18. The molecule has 1 fully saturated rings. The average Bonchev–Trinajstić information content (AvgIpc) is 2.76. The summed E-state index contributed by atoms with van der Waals surface area (Å²) >= 11 is 0. The van der Waals surface area contributed by atoms with Crippen LogP contribution in [0.3, 0.4) is 0 Å². The third kappa shape index (κ3) is 2.34. The fraction of sp³-hybridized carbons (Fsp3) is 0.667. The lowest BCUT2D eigenvalue weighted by Gasteiger charge is -2.22. The summed E-state index contributed by atoms with van der Waals surface area (Å²) < 4.78 is 0. The van der Waals surface area contributed by atoms with Crippen molar-refractivity contribution in [3.63, 3.8) is 0 Å². The second-order valence-electron chi connectivity index (χ2n) is 4.93. The summed E-state index contributed by atoms with van der Waals surface area (Å²) in [5.74, 6) is 2.16. The van der Waals surface area contributed by atoms with Crippen LogP contribution in [0.5, 0.6) is 0 Å². The van der Waals surface area contributed by atoms with E-state index in [1.807, 2.05) is 0 Å². The molecule has 0 aromatic carbocycles. The molecule has 0 aliphatic carbocycles. The average molecular weight is 236 g/mol. The highest BCUT2D eigenvalue weighted by atomic mass is 16.3. The molecule has 5 nitrogen and oxygen atoms in total. The summed E-state index contributed by atoms with van der Waals surface area (Å²) in [5, 5.41) is 9.18. The van der Waals surface area contributed by atoms with Crippen LogP contribution in [0, 0.1) is 5.92 Å². The van der Waals surface area contributed by atoms with Crippen LogP contribution < -0.4 is 10.6 Å². The summed E-state index contributed by atoms with van der Waals surface area (Å²) in [6, 6.07) is 0. The maximum absolute atomic E-state index is 9.18. The molecule has 0 spiro atoms. The van der Waals surface area contributed by atoms with E-state index in [1.165, 1.54) is 6.33 Å². The molecule has 1 unspecified atom stereocenters. The highest BCUT2D eigenvalue weighted by molar-refractivity contribution is 5.58. The van der Waals surface area contributed by atoms with Crippen molar-refractivity contribution in [1.82, 2.24) is 9.97 Å². The van der Waals surface area contributed by atoms with Crippen LogP contribution in [0.15, 0.2) is 6.33 Å². The first kappa shape index (κ1) is 12.1. The first-order valence-corrected chi connectivity index (χ1v) is 6.09. The Hall–Kier alpha value is -1.36.